The molecule has 0 aliphatic heterocycles. The maximum absolute atomic E-state index is 10.3. The van der Waals surface area contributed by atoms with E-state index in [2.05, 4.69) is 60.6 Å². The van der Waals surface area contributed by atoms with Crippen LogP contribution in [0.4, 0.5) is 0 Å². The molecule has 18 atom stereocenters. The molecule has 0 unspecified atom stereocenters. The molecule has 0 spiro atoms. The summed E-state index contributed by atoms with van der Waals surface area (Å²) >= 11 is 0. The van der Waals surface area contributed by atoms with Crippen LogP contribution in [0.2, 0.25) is 0 Å². The average Bonchev–Trinajstić information content (AvgIpc) is 3.55. The summed E-state index contributed by atoms with van der Waals surface area (Å²) in [7, 11) is 0. The fraction of sp³-hybridized carbons (Fsp3) is 0.953. The number of nitriles is 2. The Kier molecular flexibility index (Phi) is 12.4. The summed E-state index contributed by atoms with van der Waals surface area (Å²) in [6, 6.07) is 5.32. The van der Waals surface area contributed by atoms with Crippen LogP contribution in [0, 0.1) is 121 Å². The van der Waals surface area contributed by atoms with Crippen molar-refractivity contribution >= 4 is 0 Å². The number of fused-ring (bicyclic) bond motifs is 10. The molecule has 49 heavy (non-hydrogen) atoms. The number of rotatable bonds is 0. The second kappa shape index (κ2) is 14.7. The predicted octanol–water partition coefficient (Wildman–Crippen LogP) is 6.83. The molecule has 0 aromatic carbocycles. The Bertz CT molecular complexity index is 1150. The largest absolute Gasteiger partial charge is 1.00 e. The van der Waals surface area contributed by atoms with Crippen LogP contribution in [-0.2, 0) is 0 Å². The summed E-state index contributed by atoms with van der Waals surface area (Å²) in [5.41, 5.74) is 1.67. The van der Waals surface area contributed by atoms with Gasteiger partial charge in [-0.25, -0.2) is 0 Å². The molecule has 0 aromatic rings. The van der Waals surface area contributed by atoms with E-state index >= 15 is 0 Å². The van der Waals surface area contributed by atoms with Crippen molar-refractivity contribution in [3.05, 3.63) is 0 Å². The summed E-state index contributed by atoms with van der Waals surface area (Å²) in [4.78, 5) is 0. The Balaban J connectivity index is 0.000000208. The molecule has 4 N–H and O–H groups in total. The molecule has 0 heterocycles. The Morgan fingerprint density at radius 2 is 0.939 bits per heavy atom. The Morgan fingerprint density at radius 3 is 1.39 bits per heavy atom. The first-order valence-electron chi connectivity index (χ1n) is 20.3. The first-order chi connectivity index (χ1) is 21.8. The fourth-order valence-corrected chi connectivity index (χ4v) is 15.8. The van der Waals surface area contributed by atoms with Crippen LogP contribution in [0.25, 0.3) is 0 Å². The fourth-order valence-electron chi connectivity index (χ4n) is 15.8. The van der Waals surface area contributed by atoms with Gasteiger partial charge in [0.25, 0.3) is 0 Å². The molecule has 5 nitrogen and oxygen atoms in total. The van der Waals surface area contributed by atoms with Crippen LogP contribution >= 0.6 is 0 Å². The molecule has 6 heteroatoms. The van der Waals surface area contributed by atoms with Gasteiger partial charge in [-0.3, -0.25) is 0 Å². The average molecular weight is 671 g/mol. The molecular formula is C43H71LiN2O3. The zero-order valence-corrected chi connectivity index (χ0v) is 32.7. The summed E-state index contributed by atoms with van der Waals surface area (Å²) in [6.45, 7) is 17.4. The van der Waals surface area contributed by atoms with Crippen molar-refractivity contribution in [3.63, 3.8) is 0 Å². The van der Waals surface area contributed by atoms with Gasteiger partial charge in [-0.05, 0) is 189 Å². The summed E-state index contributed by atoms with van der Waals surface area (Å²) in [6.07, 6.45) is 21.0. The van der Waals surface area contributed by atoms with Gasteiger partial charge in [0.1, 0.15) is 0 Å². The van der Waals surface area contributed by atoms with Crippen LogP contribution in [0.1, 0.15) is 151 Å². The number of nitrogens with zero attached hydrogens (tertiary/aromatic N) is 2. The predicted molar refractivity (Wildman–Crippen MR) is 191 cm³/mol. The van der Waals surface area contributed by atoms with Crippen molar-refractivity contribution in [1.82, 2.24) is 0 Å². The topological polar surface area (TPSA) is 129 Å². The number of aliphatic hydroxyl groups is 1. The van der Waals surface area contributed by atoms with E-state index in [4.69, 9.17) is 0 Å². The zero-order chi connectivity index (χ0) is 32.8. The van der Waals surface area contributed by atoms with Gasteiger partial charge < -0.3 is 16.1 Å². The molecule has 8 aliphatic rings. The van der Waals surface area contributed by atoms with Crippen LogP contribution < -0.4 is 18.9 Å². The molecule has 272 valence electrons. The Labute approximate surface area is 312 Å². The van der Waals surface area contributed by atoms with Gasteiger partial charge in [0.15, 0.2) is 0 Å². The van der Waals surface area contributed by atoms with Crippen molar-refractivity contribution < 1.29 is 34.9 Å². The van der Waals surface area contributed by atoms with Gasteiger partial charge in [0, 0.05) is 0 Å². The molecule has 8 saturated carbocycles. The van der Waals surface area contributed by atoms with E-state index in [1.54, 1.807) is 0 Å². The summed E-state index contributed by atoms with van der Waals surface area (Å²) in [5, 5.41) is 29.6. The second-order valence-corrected chi connectivity index (χ2v) is 20.3. The normalized spacial score (nSPS) is 55.1. The van der Waals surface area contributed by atoms with Crippen LogP contribution in [0.5, 0.6) is 0 Å². The van der Waals surface area contributed by atoms with Gasteiger partial charge in [-0.2, -0.15) is 10.5 Å². The minimum absolute atomic E-state index is 0. The van der Waals surface area contributed by atoms with Gasteiger partial charge in [-0.1, -0.05) is 48.5 Å². The Morgan fingerprint density at radius 1 is 0.531 bits per heavy atom. The van der Waals surface area contributed by atoms with Crippen LogP contribution in [-0.4, -0.2) is 22.2 Å². The SMILES string of the molecule is C[C@H]1C[C@@H]2CC[C@@H]3[C@H](CC[C@]4(C)[C@@H](C#N)CC[C@@H]34)[C@@]2(C)C[C@@H]1C.C[C@H]1C[C@@]2(C)[C@@H](CC[C@@H]3[C@@H]2CC[C@]2(C)[C@@H](C#N)CC[C@@H]32)C[C@@H]1O.O.[Li+].[OH-]. The monoisotopic (exact) mass is 671 g/mol. The van der Waals surface area contributed by atoms with Crippen molar-refractivity contribution in [2.75, 3.05) is 0 Å². The maximum atomic E-state index is 10.3. The molecular weight excluding hydrogens is 599 g/mol. The van der Waals surface area contributed by atoms with Gasteiger partial charge in [0.05, 0.1) is 30.1 Å². The number of hydrogen-bond donors (Lipinski definition) is 1. The first kappa shape index (κ1) is 41.2. The summed E-state index contributed by atoms with van der Waals surface area (Å²) in [5.74, 6) is 9.81. The molecule has 0 aromatic heterocycles. The number of aliphatic hydroxyl groups excluding tert-OH is 1. The molecule has 8 aliphatic carbocycles. The third-order valence-corrected chi connectivity index (χ3v) is 18.8. The van der Waals surface area contributed by atoms with Crippen LogP contribution in [0.15, 0.2) is 0 Å². The van der Waals surface area contributed by atoms with E-state index in [1.807, 2.05) is 0 Å². The van der Waals surface area contributed by atoms with E-state index in [1.165, 1.54) is 89.9 Å². The van der Waals surface area contributed by atoms with E-state index in [-0.39, 0.29) is 35.9 Å². The van der Waals surface area contributed by atoms with E-state index in [0.29, 0.717) is 39.4 Å². The minimum Gasteiger partial charge on any atom is -0.870 e. The maximum Gasteiger partial charge on any atom is 1.00 e. The van der Waals surface area contributed by atoms with E-state index < -0.39 is 0 Å². The first-order valence-corrected chi connectivity index (χ1v) is 20.3. The molecule has 0 radical (unpaired) electrons. The van der Waals surface area contributed by atoms with Crippen molar-refractivity contribution in [1.29, 1.82) is 10.5 Å². The van der Waals surface area contributed by atoms with Gasteiger partial charge in [0.2, 0.25) is 0 Å². The van der Waals surface area contributed by atoms with E-state index in [9.17, 15) is 15.6 Å². The molecule has 0 bridgehead atoms. The third-order valence-electron chi connectivity index (χ3n) is 18.8. The van der Waals surface area contributed by atoms with Crippen molar-refractivity contribution in [2.24, 2.45) is 98.6 Å². The number of hydrogen-bond acceptors (Lipinski definition) is 4. The molecule has 0 saturated heterocycles. The third kappa shape index (κ3) is 6.23. The second-order valence-electron chi connectivity index (χ2n) is 20.3. The van der Waals surface area contributed by atoms with Crippen molar-refractivity contribution in [2.45, 2.75) is 157 Å². The smallest absolute Gasteiger partial charge is 0.870 e. The van der Waals surface area contributed by atoms with Crippen molar-refractivity contribution in [3.8, 4) is 12.1 Å². The minimum atomic E-state index is -0.0760. The quantitative estimate of drug-likeness (QED) is 0.283. The van der Waals surface area contributed by atoms with Crippen LogP contribution in [0.3, 0.4) is 0 Å². The molecule has 0 amide bonds. The zero-order valence-electron chi connectivity index (χ0n) is 32.7. The van der Waals surface area contributed by atoms with E-state index in [0.717, 1.165) is 72.0 Å². The Hall–Kier alpha value is -0.543. The summed E-state index contributed by atoms with van der Waals surface area (Å²) < 4.78 is 0. The van der Waals surface area contributed by atoms with Gasteiger partial charge in [-0.15, -0.1) is 0 Å². The molecule has 8 rings (SSSR count). The molecule has 8 fully saturated rings. The van der Waals surface area contributed by atoms with Gasteiger partial charge >= 0.3 is 18.9 Å². The standard InChI is InChI=1S/C22H35N.C21H33NO.Li.2H2O/c1-14-11-16-5-7-18-19-8-6-17(13-23)21(19,3)10-9-20(18)22(16,4)12-15(14)2;1-13-11-21(3)14(10-19(13)23)4-6-16-17-7-5-15(12-22)20(17,2)9-8-18(16)21;;;/h14-20H,5-12H2,1-4H3;13-19,23H,4-11H2,1-3H3;;2*1H2/q;;+1;;/p-1/t14-,15-,16-,17+,18-,19-,20-,21+,22-;13-,14-,15+,16-,17-,18-,19-,20+,21-;;;/m00.../s1.